The van der Waals surface area contributed by atoms with Crippen LogP contribution in [0.2, 0.25) is 0 Å². The number of amides is 1. The van der Waals surface area contributed by atoms with Gasteiger partial charge in [-0.15, -0.1) is 0 Å². The van der Waals surface area contributed by atoms with Crippen LogP contribution >= 0.6 is 0 Å². The molecule has 1 aromatic carbocycles. The Morgan fingerprint density at radius 2 is 2.21 bits per heavy atom. The number of hydrogen-bond donors (Lipinski definition) is 3. The highest BCUT2D eigenvalue weighted by Crippen LogP contribution is 2.17. The van der Waals surface area contributed by atoms with E-state index < -0.39 is 0 Å². The molecule has 0 aliphatic carbocycles. The highest BCUT2D eigenvalue weighted by atomic mass is 16.1. The molecule has 0 heterocycles. The minimum absolute atomic E-state index is 0.00940. The quantitative estimate of drug-likeness (QED) is 0.679. The Bertz CT molecular complexity index is 477. The van der Waals surface area contributed by atoms with Gasteiger partial charge < -0.3 is 16.4 Å². The van der Waals surface area contributed by atoms with Gasteiger partial charge in [-0.3, -0.25) is 4.79 Å². The van der Waals surface area contributed by atoms with Gasteiger partial charge in [-0.25, -0.2) is 0 Å². The van der Waals surface area contributed by atoms with E-state index in [0.29, 0.717) is 42.4 Å². The molecule has 0 aliphatic heterocycles. The van der Waals surface area contributed by atoms with Crippen LogP contribution in [0.1, 0.15) is 25.8 Å². The topological polar surface area (TPSA) is 90.9 Å². The molecule has 0 spiro atoms. The first-order valence-corrected chi connectivity index (χ1v) is 6.33. The molecular formula is C14H20N4O. The number of anilines is 2. The molecule has 0 atom stereocenters. The van der Waals surface area contributed by atoms with Gasteiger partial charge in [0.25, 0.3) is 0 Å². The zero-order valence-electron chi connectivity index (χ0n) is 11.4. The molecule has 0 fully saturated rings. The van der Waals surface area contributed by atoms with Crippen molar-refractivity contribution in [3.8, 4) is 6.07 Å². The van der Waals surface area contributed by atoms with Crippen LogP contribution in [0.15, 0.2) is 18.2 Å². The number of nitrogens with zero attached hydrogens (tertiary/aromatic N) is 1. The van der Waals surface area contributed by atoms with Crippen LogP contribution in [0.4, 0.5) is 11.4 Å². The van der Waals surface area contributed by atoms with E-state index in [1.54, 1.807) is 18.2 Å². The van der Waals surface area contributed by atoms with Gasteiger partial charge >= 0.3 is 0 Å². The summed E-state index contributed by atoms with van der Waals surface area (Å²) in [5.74, 6) is 0.453. The molecule has 0 radical (unpaired) electrons. The van der Waals surface area contributed by atoms with Gasteiger partial charge in [0, 0.05) is 25.2 Å². The Kier molecular flexibility index (Phi) is 5.68. The van der Waals surface area contributed by atoms with Crippen LogP contribution in [0.25, 0.3) is 0 Å². The maximum atomic E-state index is 11.5. The third-order valence-electron chi connectivity index (χ3n) is 2.54. The molecule has 1 aromatic rings. The predicted molar refractivity (Wildman–Crippen MR) is 76.5 cm³/mol. The molecule has 0 saturated heterocycles. The number of benzene rings is 1. The Morgan fingerprint density at radius 1 is 1.47 bits per heavy atom. The maximum absolute atomic E-state index is 11.5. The molecule has 0 bridgehead atoms. The van der Waals surface area contributed by atoms with Gasteiger partial charge in [0.2, 0.25) is 5.91 Å². The molecule has 4 N–H and O–H groups in total. The van der Waals surface area contributed by atoms with E-state index in [1.165, 1.54) is 0 Å². The fourth-order valence-electron chi connectivity index (χ4n) is 1.53. The zero-order chi connectivity index (χ0) is 14.3. The van der Waals surface area contributed by atoms with Crippen molar-refractivity contribution < 1.29 is 4.79 Å². The predicted octanol–water partition coefficient (Wildman–Crippen LogP) is 1.71. The van der Waals surface area contributed by atoms with E-state index in [1.807, 2.05) is 13.8 Å². The number of rotatable bonds is 6. The summed E-state index contributed by atoms with van der Waals surface area (Å²) in [7, 11) is 0. The van der Waals surface area contributed by atoms with Gasteiger partial charge in [0.1, 0.15) is 6.07 Å². The van der Waals surface area contributed by atoms with Crippen molar-refractivity contribution in [2.24, 2.45) is 5.92 Å². The molecule has 0 saturated carbocycles. The molecule has 5 heteroatoms. The second-order valence-corrected chi connectivity index (χ2v) is 4.79. The number of carbonyl (C=O) groups excluding carboxylic acids is 1. The lowest BCUT2D eigenvalue weighted by molar-refractivity contribution is -0.120. The van der Waals surface area contributed by atoms with Crippen molar-refractivity contribution in [3.63, 3.8) is 0 Å². The highest BCUT2D eigenvalue weighted by Gasteiger charge is 2.04. The molecule has 0 aromatic heterocycles. The van der Waals surface area contributed by atoms with Gasteiger partial charge in [-0.05, 0) is 24.1 Å². The second kappa shape index (κ2) is 7.27. The standard InChI is InChI=1S/C14H20N4O/c1-10(2)9-18-14(19)5-6-17-13-4-3-12(16)7-11(13)8-15/h3-4,7,10,17H,5-6,9,16H2,1-2H3,(H,18,19). The molecular weight excluding hydrogens is 240 g/mol. The molecule has 0 unspecified atom stereocenters. The van der Waals surface area contributed by atoms with Crippen molar-refractivity contribution in [3.05, 3.63) is 23.8 Å². The monoisotopic (exact) mass is 260 g/mol. The SMILES string of the molecule is CC(C)CNC(=O)CCNc1ccc(N)cc1C#N. The number of carbonyl (C=O) groups is 1. The van der Waals surface area contributed by atoms with Crippen molar-refractivity contribution >= 4 is 17.3 Å². The minimum Gasteiger partial charge on any atom is -0.399 e. The van der Waals surface area contributed by atoms with E-state index in [2.05, 4.69) is 16.7 Å². The average molecular weight is 260 g/mol. The summed E-state index contributed by atoms with van der Waals surface area (Å²) in [6.45, 7) is 5.27. The molecule has 1 amide bonds. The lowest BCUT2D eigenvalue weighted by atomic mass is 10.1. The molecule has 5 nitrogen and oxygen atoms in total. The largest absolute Gasteiger partial charge is 0.399 e. The van der Waals surface area contributed by atoms with Crippen LogP contribution in [0.3, 0.4) is 0 Å². The third-order valence-corrected chi connectivity index (χ3v) is 2.54. The summed E-state index contributed by atoms with van der Waals surface area (Å²) < 4.78 is 0. The number of nitriles is 1. The van der Waals surface area contributed by atoms with Gasteiger partial charge in [-0.2, -0.15) is 5.26 Å². The van der Waals surface area contributed by atoms with Crippen molar-refractivity contribution in [2.75, 3.05) is 24.1 Å². The summed E-state index contributed by atoms with van der Waals surface area (Å²) in [6, 6.07) is 7.16. The van der Waals surface area contributed by atoms with Gasteiger partial charge in [0.15, 0.2) is 0 Å². The fourth-order valence-corrected chi connectivity index (χ4v) is 1.53. The minimum atomic E-state index is 0.00940. The van der Waals surface area contributed by atoms with Crippen molar-refractivity contribution in [1.82, 2.24) is 5.32 Å². The maximum Gasteiger partial charge on any atom is 0.221 e. The Morgan fingerprint density at radius 3 is 2.84 bits per heavy atom. The van der Waals surface area contributed by atoms with Gasteiger partial charge in [0.05, 0.1) is 11.3 Å². The third kappa shape index (κ3) is 5.30. The van der Waals surface area contributed by atoms with Gasteiger partial charge in [-0.1, -0.05) is 13.8 Å². The zero-order valence-corrected chi connectivity index (χ0v) is 11.4. The Hall–Kier alpha value is -2.22. The number of nitrogen functional groups attached to an aromatic ring is 1. The molecule has 19 heavy (non-hydrogen) atoms. The summed E-state index contributed by atoms with van der Waals surface area (Å²) in [4.78, 5) is 11.5. The molecule has 0 aliphatic rings. The van der Waals surface area contributed by atoms with E-state index in [9.17, 15) is 4.79 Å². The van der Waals surface area contributed by atoms with Crippen LogP contribution in [-0.2, 0) is 4.79 Å². The average Bonchev–Trinajstić information content (AvgIpc) is 2.38. The number of hydrogen-bond acceptors (Lipinski definition) is 4. The van der Waals surface area contributed by atoms with Crippen LogP contribution < -0.4 is 16.4 Å². The summed E-state index contributed by atoms with van der Waals surface area (Å²) in [5.41, 5.74) is 7.35. The first-order valence-electron chi connectivity index (χ1n) is 6.33. The first kappa shape index (κ1) is 14.8. The van der Waals surface area contributed by atoms with Crippen molar-refractivity contribution in [2.45, 2.75) is 20.3 Å². The highest BCUT2D eigenvalue weighted by molar-refractivity contribution is 5.76. The van der Waals surface area contributed by atoms with E-state index in [-0.39, 0.29) is 5.91 Å². The smallest absolute Gasteiger partial charge is 0.221 e. The Balaban J connectivity index is 2.41. The Labute approximate surface area is 113 Å². The van der Waals surface area contributed by atoms with Crippen LogP contribution in [0, 0.1) is 17.2 Å². The summed E-state index contributed by atoms with van der Waals surface area (Å²) >= 11 is 0. The van der Waals surface area contributed by atoms with E-state index >= 15 is 0 Å². The lowest BCUT2D eigenvalue weighted by Crippen LogP contribution is -2.28. The van der Waals surface area contributed by atoms with Crippen LogP contribution in [-0.4, -0.2) is 19.0 Å². The number of nitrogens with one attached hydrogen (secondary N) is 2. The summed E-state index contributed by atoms with van der Waals surface area (Å²) in [6.07, 6.45) is 0.377. The van der Waals surface area contributed by atoms with E-state index in [4.69, 9.17) is 11.0 Å². The van der Waals surface area contributed by atoms with Crippen molar-refractivity contribution in [1.29, 1.82) is 5.26 Å². The van der Waals surface area contributed by atoms with Crippen LogP contribution in [0.5, 0.6) is 0 Å². The normalized spacial score (nSPS) is 10.0. The summed E-state index contributed by atoms with van der Waals surface area (Å²) in [5, 5.41) is 14.9. The molecule has 102 valence electrons. The fraction of sp³-hybridized carbons (Fsp3) is 0.429. The number of nitrogens with two attached hydrogens (primary N) is 1. The second-order valence-electron chi connectivity index (χ2n) is 4.79. The molecule has 1 rings (SSSR count). The lowest BCUT2D eigenvalue weighted by Gasteiger charge is -2.10. The first-order chi connectivity index (χ1) is 9.02. The van der Waals surface area contributed by atoms with E-state index in [0.717, 1.165) is 0 Å².